The zero-order valence-electron chi connectivity index (χ0n) is 14.7. The Kier molecular flexibility index (Phi) is 5.71. The number of nitrogens with zero attached hydrogens (tertiary/aromatic N) is 1. The number of amides is 1. The Labute approximate surface area is 149 Å². The summed E-state index contributed by atoms with van der Waals surface area (Å²) in [7, 11) is 0. The molecule has 0 aliphatic heterocycles. The van der Waals surface area contributed by atoms with Crippen molar-refractivity contribution < 1.29 is 10.0 Å². The van der Waals surface area contributed by atoms with Crippen molar-refractivity contribution in [2.45, 2.75) is 32.1 Å². The molecule has 4 nitrogen and oxygen atoms in total. The van der Waals surface area contributed by atoms with Crippen LogP contribution in [-0.2, 0) is 4.79 Å². The molecule has 2 aromatic rings. The van der Waals surface area contributed by atoms with Gasteiger partial charge in [-0.2, -0.15) is 0 Å². The van der Waals surface area contributed by atoms with Crippen molar-refractivity contribution >= 4 is 11.6 Å². The van der Waals surface area contributed by atoms with Crippen molar-refractivity contribution in [3.63, 3.8) is 0 Å². The number of rotatable bonds is 8. The van der Waals surface area contributed by atoms with Crippen LogP contribution in [0.4, 0.5) is 5.69 Å². The van der Waals surface area contributed by atoms with Gasteiger partial charge in [0.2, 0.25) is 0 Å². The van der Waals surface area contributed by atoms with E-state index in [0.29, 0.717) is 0 Å². The van der Waals surface area contributed by atoms with E-state index in [1.54, 1.807) is 5.48 Å². The van der Waals surface area contributed by atoms with Crippen LogP contribution in [0.3, 0.4) is 0 Å². The zero-order valence-corrected chi connectivity index (χ0v) is 14.7. The molecular formula is C21H26N2O2. The molecule has 1 aliphatic rings. The number of carbonyl (C=O) groups excluding carboxylic acids is 1. The summed E-state index contributed by atoms with van der Waals surface area (Å²) < 4.78 is 0. The van der Waals surface area contributed by atoms with Gasteiger partial charge in [0, 0.05) is 18.8 Å². The van der Waals surface area contributed by atoms with Crippen LogP contribution in [0.25, 0.3) is 0 Å². The Morgan fingerprint density at radius 3 is 2.32 bits per heavy atom. The van der Waals surface area contributed by atoms with Gasteiger partial charge in [-0.3, -0.25) is 10.0 Å². The van der Waals surface area contributed by atoms with E-state index >= 15 is 0 Å². The van der Waals surface area contributed by atoms with E-state index in [-0.39, 0.29) is 0 Å². The van der Waals surface area contributed by atoms with Gasteiger partial charge in [-0.25, -0.2) is 5.48 Å². The van der Waals surface area contributed by atoms with E-state index < -0.39 is 11.8 Å². The summed E-state index contributed by atoms with van der Waals surface area (Å²) >= 11 is 0. The molecule has 0 aromatic heterocycles. The molecule has 4 heteroatoms. The molecule has 0 heterocycles. The molecule has 2 aromatic carbocycles. The molecule has 0 saturated heterocycles. The highest BCUT2D eigenvalue weighted by molar-refractivity contribution is 5.86. The van der Waals surface area contributed by atoms with Crippen LogP contribution in [0.1, 0.15) is 43.2 Å². The van der Waals surface area contributed by atoms with Gasteiger partial charge in [0.15, 0.2) is 0 Å². The third-order valence-electron chi connectivity index (χ3n) is 4.77. The Morgan fingerprint density at radius 1 is 1.12 bits per heavy atom. The largest absolute Gasteiger partial charge is 0.371 e. The molecule has 3 rings (SSSR count). The minimum Gasteiger partial charge on any atom is -0.371 e. The monoisotopic (exact) mass is 338 g/mol. The molecule has 1 fully saturated rings. The summed E-state index contributed by atoms with van der Waals surface area (Å²) in [5.41, 5.74) is 4.75. The Hall–Kier alpha value is -2.33. The molecule has 25 heavy (non-hydrogen) atoms. The third kappa shape index (κ3) is 4.40. The zero-order chi connectivity index (χ0) is 17.6. The molecule has 1 amide bonds. The Morgan fingerprint density at radius 2 is 1.76 bits per heavy atom. The van der Waals surface area contributed by atoms with E-state index in [1.165, 1.54) is 18.5 Å². The summed E-state index contributed by atoms with van der Waals surface area (Å²) in [6.45, 7) is 4.37. The van der Waals surface area contributed by atoms with Crippen LogP contribution in [0, 0.1) is 5.92 Å². The normalized spacial score (nSPS) is 14.8. The Balaban J connectivity index is 1.84. The molecule has 1 unspecified atom stereocenters. The predicted molar refractivity (Wildman–Crippen MR) is 99.9 cm³/mol. The van der Waals surface area contributed by atoms with Gasteiger partial charge in [0.1, 0.15) is 0 Å². The first-order valence-electron chi connectivity index (χ1n) is 9.06. The lowest BCUT2D eigenvalue weighted by Gasteiger charge is -2.25. The number of hydrogen-bond donors (Lipinski definition) is 2. The van der Waals surface area contributed by atoms with Gasteiger partial charge < -0.3 is 4.90 Å². The van der Waals surface area contributed by atoms with Crippen molar-refractivity contribution in [1.82, 2.24) is 5.48 Å². The van der Waals surface area contributed by atoms with Crippen LogP contribution in [0.5, 0.6) is 0 Å². The van der Waals surface area contributed by atoms with Crippen molar-refractivity contribution in [2.75, 3.05) is 18.0 Å². The van der Waals surface area contributed by atoms with E-state index in [1.807, 2.05) is 42.5 Å². The predicted octanol–water partition coefficient (Wildman–Crippen LogP) is 3.95. The van der Waals surface area contributed by atoms with Gasteiger partial charge in [0.05, 0.1) is 5.92 Å². The molecule has 1 saturated carbocycles. The lowest BCUT2D eigenvalue weighted by atomic mass is 9.90. The number of anilines is 1. The lowest BCUT2D eigenvalue weighted by Crippen LogP contribution is -2.28. The maximum absolute atomic E-state index is 12.2. The molecular weight excluding hydrogens is 312 g/mol. The fraction of sp³-hybridized carbons (Fsp3) is 0.381. The van der Waals surface area contributed by atoms with Crippen LogP contribution < -0.4 is 10.4 Å². The van der Waals surface area contributed by atoms with E-state index in [9.17, 15) is 4.79 Å². The second kappa shape index (κ2) is 8.17. The van der Waals surface area contributed by atoms with Crippen LogP contribution in [0.2, 0.25) is 0 Å². The second-order valence-corrected chi connectivity index (χ2v) is 6.80. The van der Waals surface area contributed by atoms with Crippen molar-refractivity contribution in [1.29, 1.82) is 0 Å². The van der Waals surface area contributed by atoms with E-state index in [0.717, 1.165) is 36.6 Å². The van der Waals surface area contributed by atoms with Crippen LogP contribution >= 0.6 is 0 Å². The first-order valence-corrected chi connectivity index (χ1v) is 9.06. The number of nitrogens with one attached hydrogen (secondary N) is 1. The number of hydroxylamine groups is 1. The maximum atomic E-state index is 12.2. The summed E-state index contributed by atoms with van der Waals surface area (Å²) in [5.74, 6) is -0.0888. The number of benzene rings is 2. The average molecular weight is 338 g/mol. The highest BCUT2D eigenvalue weighted by atomic mass is 16.5. The van der Waals surface area contributed by atoms with Gasteiger partial charge in [0.25, 0.3) is 5.91 Å². The summed E-state index contributed by atoms with van der Waals surface area (Å²) in [5, 5.41) is 9.14. The topological polar surface area (TPSA) is 52.6 Å². The third-order valence-corrected chi connectivity index (χ3v) is 4.77. The molecule has 0 spiro atoms. The first-order chi connectivity index (χ1) is 12.2. The number of hydrogen-bond acceptors (Lipinski definition) is 3. The molecule has 132 valence electrons. The van der Waals surface area contributed by atoms with Gasteiger partial charge in [-0.1, -0.05) is 49.4 Å². The molecule has 1 aliphatic carbocycles. The summed E-state index contributed by atoms with van der Waals surface area (Å²) in [4.78, 5) is 14.7. The van der Waals surface area contributed by atoms with Gasteiger partial charge >= 0.3 is 0 Å². The van der Waals surface area contributed by atoms with E-state index in [2.05, 4.69) is 24.0 Å². The molecule has 0 radical (unpaired) electrons. The molecule has 0 bridgehead atoms. The highest BCUT2D eigenvalue weighted by Crippen LogP contribution is 2.32. The van der Waals surface area contributed by atoms with Crippen molar-refractivity contribution in [2.24, 2.45) is 5.92 Å². The Bertz CT molecular complexity index is 681. The first kappa shape index (κ1) is 17.5. The number of carbonyl (C=O) groups is 1. The SMILES string of the molecule is CCCN(CC1CC1)c1ccc(C(C(=O)NO)c2ccccc2)cc1. The fourth-order valence-electron chi connectivity index (χ4n) is 3.29. The smallest absolute Gasteiger partial charge is 0.255 e. The lowest BCUT2D eigenvalue weighted by molar-refractivity contribution is -0.129. The quantitative estimate of drug-likeness (QED) is 0.566. The minimum absolute atomic E-state index is 0.414. The fourth-order valence-corrected chi connectivity index (χ4v) is 3.29. The van der Waals surface area contributed by atoms with Crippen LogP contribution in [0.15, 0.2) is 54.6 Å². The highest BCUT2D eigenvalue weighted by Gasteiger charge is 2.25. The van der Waals surface area contributed by atoms with Crippen LogP contribution in [-0.4, -0.2) is 24.2 Å². The van der Waals surface area contributed by atoms with Crippen molar-refractivity contribution in [3.8, 4) is 0 Å². The van der Waals surface area contributed by atoms with Gasteiger partial charge in [-0.15, -0.1) is 0 Å². The van der Waals surface area contributed by atoms with Gasteiger partial charge in [-0.05, 0) is 48.4 Å². The summed E-state index contributed by atoms with van der Waals surface area (Å²) in [6.07, 6.45) is 3.80. The average Bonchev–Trinajstić information content (AvgIpc) is 3.47. The van der Waals surface area contributed by atoms with Crippen molar-refractivity contribution in [3.05, 3.63) is 65.7 Å². The van der Waals surface area contributed by atoms with E-state index in [4.69, 9.17) is 5.21 Å². The summed E-state index contributed by atoms with van der Waals surface area (Å²) in [6, 6.07) is 17.7. The maximum Gasteiger partial charge on any atom is 0.255 e. The standard InChI is InChI=1S/C21H26N2O2/c1-2-14-23(15-16-8-9-16)19-12-10-18(11-13-19)20(21(24)22-25)17-6-4-3-5-7-17/h3-7,10-13,16,20,25H,2,8-9,14-15H2,1H3,(H,22,24). The minimum atomic E-state index is -0.511. The second-order valence-electron chi connectivity index (χ2n) is 6.80. The molecule has 2 N–H and O–H groups in total. The molecule has 1 atom stereocenters.